The average molecular weight is 200 g/mol. The number of rotatable bonds is 4. The smallest absolute Gasteiger partial charge is 0.253 e. The van der Waals surface area contributed by atoms with Crippen LogP contribution in [-0.2, 0) is 11.2 Å². The Balaban J connectivity index is 2.69. The van der Waals surface area contributed by atoms with Gasteiger partial charge in [0.15, 0.2) is 0 Å². The molecule has 4 nitrogen and oxygen atoms in total. The Kier molecular flexibility index (Phi) is 3.52. The topological polar surface area (TPSA) is 46.9 Å². The van der Waals surface area contributed by atoms with Gasteiger partial charge in [-0.2, -0.15) is 0 Å². The van der Waals surface area contributed by atoms with Gasteiger partial charge in [0.2, 0.25) is 0 Å². The van der Waals surface area contributed by atoms with Crippen LogP contribution >= 0.6 is 11.6 Å². The highest BCUT2D eigenvalue weighted by atomic mass is 35.5. The van der Waals surface area contributed by atoms with Crippen LogP contribution in [0, 0.1) is 0 Å². The van der Waals surface area contributed by atoms with E-state index >= 15 is 0 Å². The first-order valence-corrected chi connectivity index (χ1v) is 4.30. The first-order chi connectivity index (χ1) is 6.27. The maximum absolute atomic E-state index is 10.9. The molecule has 0 fully saturated rings. The summed E-state index contributed by atoms with van der Waals surface area (Å²) in [5, 5.41) is 0. The van der Waals surface area contributed by atoms with E-state index in [-0.39, 0.29) is 11.8 Å². The summed E-state index contributed by atoms with van der Waals surface area (Å²) in [6.07, 6.45) is 5.58. The normalized spacial score (nSPS) is 9.62. The number of nitrogens with one attached hydrogen (secondary N) is 1. The number of nitrogens with zero attached hydrogens (tertiary/aromatic N) is 2. The van der Waals surface area contributed by atoms with Gasteiger partial charge in [0.1, 0.15) is 11.7 Å². The van der Waals surface area contributed by atoms with Crippen molar-refractivity contribution < 1.29 is 4.79 Å². The summed E-state index contributed by atoms with van der Waals surface area (Å²) >= 11 is 5.33. The molecule has 0 saturated carbocycles. The van der Waals surface area contributed by atoms with Crippen LogP contribution in [0.4, 0.5) is 0 Å². The fourth-order valence-electron chi connectivity index (χ4n) is 0.880. The Bertz CT molecular complexity index is 308. The molecule has 0 atom stereocenters. The Morgan fingerprint density at radius 3 is 3.23 bits per heavy atom. The Hall–Kier alpha value is -1.29. The van der Waals surface area contributed by atoms with Gasteiger partial charge in [-0.15, -0.1) is 18.2 Å². The van der Waals surface area contributed by atoms with Gasteiger partial charge in [0, 0.05) is 18.8 Å². The summed E-state index contributed by atoms with van der Waals surface area (Å²) in [5.41, 5.74) is 2.56. The molecule has 1 rings (SSSR count). The van der Waals surface area contributed by atoms with Crippen LogP contribution in [0.2, 0.25) is 0 Å². The van der Waals surface area contributed by atoms with Crippen LogP contribution in [0.15, 0.2) is 25.0 Å². The molecule has 1 aromatic rings. The fourth-order valence-corrected chi connectivity index (χ4v) is 0.940. The van der Waals surface area contributed by atoms with E-state index in [9.17, 15) is 4.79 Å². The second kappa shape index (κ2) is 4.67. The Labute approximate surface area is 81.2 Å². The van der Waals surface area contributed by atoms with E-state index in [4.69, 9.17) is 11.6 Å². The molecule has 0 unspecified atom stereocenters. The zero-order chi connectivity index (χ0) is 9.68. The number of hydrogen-bond donors (Lipinski definition) is 1. The third-order valence-electron chi connectivity index (χ3n) is 1.41. The second-order valence-corrected chi connectivity index (χ2v) is 2.64. The number of alkyl halides is 1. The van der Waals surface area contributed by atoms with Crippen molar-refractivity contribution in [3.63, 3.8) is 0 Å². The van der Waals surface area contributed by atoms with Crippen LogP contribution in [0.1, 0.15) is 5.82 Å². The molecule has 0 aliphatic heterocycles. The first-order valence-electron chi connectivity index (χ1n) is 3.77. The standard InChI is InChI=1S/C8H10ClN3O/c1-2-3-7-10-4-5-12(7)11-8(13)6-9/h2,4-5H,1,3,6H2,(H,11,13). The number of carbonyl (C=O) groups is 1. The predicted octanol–water partition coefficient (Wildman–Crippen LogP) is 0.920. The molecule has 1 aromatic heterocycles. The van der Waals surface area contributed by atoms with Gasteiger partial charge < -0.3 is 0 Å². The van der Waals surface area contributed by atoms with Crippen molar-refractivity contribution >= 4 is 17.5 Å². The Morgan fingerprint density at radius 1 is 1.85 bits per heavy atom. The molecule has 1 N–H and O–H groups in total. The molecule has 1 heterocycles. The molecule has 0 radical (unpaired) electrons. The van der Waals surface area contributed by atoms with Crippen molar-refractivity contribution in [3.8, 4) is 0 Å². The summed E-state index contributed by atoms with van der Waals surface area (Å²) in [5.74, 6) is 0.407. The van der Waals surface area contributed by atoms with Gasteiger partial charge in [-0.3, -0.25) is 10.2 Å². The summed E-state index contributed by atoms with van der Waals surface area (Å²) in [7, 11) is 0. The molecule has 0 saturated heterocycles. The van der Waals surface area contributed by atoms with Gasteiger partial charge in [0.05, 0.1) is 0 Å². The summed E-state index contributed by atoms with van der Waals surface area (Å²) in [6, 6.07) is 0. The van der Waals surface area contributed by atoms with Gasteiger partial charge in [-0.25, -0.2) is 9.66 Å². The minimum atomic E-state index is -0.259. The lowest BCUT2D eigenvalue weighted by molar-refractivity contribution is -0.114. The highest BCUT2D eigenvalue weighted by molar-refractivity contribution is 6.28. The monoisotopic (exact) mass is 199 g/mol. The zero-order valence-corrected chi connectivity index (χ0v) is 7.79. The van der Waals surface area contributed by atoms with Crippen molar-refractivity contribution in [1.82, 2.24) is 9.66 Å². The number of allylic oxidation sites excluding steroid dienone is 1. The summed E-state index contributed by atoms with van der Waals surface area (Å²) < 4.78 is 1.53. The minimum absolute atomic E-state index is 0.0638. The molecule has 0 bridgehead atoms. The van der Waals surface area contributed by atoms with Crippen LogP contribution in [0.3, 0.4) is 0 Å². The molecular formula is C8H10ClN3O. The minimum Gasteiger partial charge on any atom is -0.272 e. The quantitative estimate of drug-likeness (QED) is 0.579. The molecule has 0 aliphatic carbocycles. The van der Waals surface area contributed by atoms with E-state index in [0.717, 1.165) is 5.82 Å². The van der Waals surface area contributed by atoms with Crippen molar-refractivity contribution in [1.29, 1.82) is 0 Å². The molecular weight excluding hydrogens is 190 g/mol. The van der Waals surface area contributed by atoms with E-state index in [1.54, 1.807) is 18.5 Å². The first kappa shape index (κ1) is 9.80. The number of hydrogen-bond acceptors (Lipinski definition) is 2. The molecule has 70 valence electrons. The number of halogens is 1. The molecule has 5 heteroatoms. The molecule has 0 aliphatic rings. The van der Waals surface area contributed by atoms with Crippen molar-refractivity contribution in [2.75, 3.05) is 11.3 Å². The summed E-state index contributed by atoms with van der Waals surface area (Å²) in [4.78, 5) is 14.9. The van der Waals surface area contributed by atoms with Gasteiger partial charge in [0.25, 0.3) is 5.91 Å². The number of aromatic nitrogens is 2. The molecule has 13 heavy (non-hydrogen) atoms. The summed E-state index contributed by atoms with van der Waals surface area (Å²) in [6.45, 7) is 3.58. The second-order valence-electron chi connectivity index (χ2n) is 2.37. The molecule has 0 aromatic carbocycles. The number of amides is 1. The number of imidazole rings is 1. The average Bonchev–Trinajstić information content (AvgIpc) is 2.54. The van der Waals surface area contributed by atoms with Gasteiger partial charge in [-0.05, 0) is 0 Å². The largest absolute Gasteiger partial charge is 0.272 e. The van der Waals surface area contributed by atoms with Gasteiger partial charge in [-0.1, -0.05) is 6.08 Å². The third kappa shape index (κ3) is 2.59. The van der Waals surface area contributed by atoms with Crippen LogP contribution in [0.5, 0.6) is 0 Å². The van der Waals surface area contributed by atoms with Crippen LogP contribution in [-0.4, -0.2) is 21.4 Å². The van der Waals surface area contributed by atoms with Gasteiger partial charge >= 0.3 is 0 Å². The third-order valence-corrected chi connectivity index (χ3v) is 1.65. The lowest BCUT2D eigenvalue weighted by Gasteiger charge is -2.06. The highest BCUT2D eigenvalue weighted by Crippen LogP contribution is 1.96. The van der Waals surface area contributed by atoms with Crippen LogP contribution < -0.4 is 5.43 Å². The van der Waals surface area contributed by atoms with Crippen molar-refractivity contribution in [2.24, 2.45) is 0 Å². The van der Waals surface area contributed by atoms with E-state index in [2.05, 4.69) is 17.0 Å². The van der Waals surface area contributed by atoms with Crippen molar-refractivity contribution in [2.45, 2.75) is 6.42 Å². The van der Waals surface area contributed by atoms with E-state index in [1.807, 2.05) is 0 Å². The lowest BCUT2D eigenvalue weighted by Crippen LogP contribution is -2.24. The highest BCUT2D eigenvalue weighted by Gasteiger charge is 2.03. The lowest BCUT2D eigenvalue weighted by atomic mass is 10.4. The number of carbonyl (C=O) groups excluding carboxylic acids is 1. The zero-order valence-electron chi connectivity index (χ0n) is 7.03. The maximum atomic E-state index is 10.9. The predicted molar refractivity (Wildman–Crippen MR) is 51.2 cm³/mol. The molecule has 0 spiro atoms. The Morgan fingerprint density at radius 2 is 2.62 bits per heavy atom. The SMILES string of the molecule is C=CCc1nccn1NC(=O)CCl. The van der Waals surface area contributed by atoms with E-state index < -0.39 is 0 Å². The van der Waals surface area contributed by atoms with Crippen LogP contribution in [0.25, 0.3) is 0 Å². The van der Waals surface area contributed by atoms with E-state index in [1.165, 1.54) is 4.68 Å². The van der Waals surface area contributed by atoms with Crippen molar-refractivity contribution in [3.05, 3.63) is 30.9 Å². The van der Waals surface area contributed by atoms with E-state index in [0.29, 0.717) is 6.42 Å². The maximum Gasteiger partial charge on any atom is 0.253 e. The fraction of sp³-hybridized carbons (Fsp3) is 0.250. The molecule has 1 amide bonds.